The Morgan fingerprint density at radius 3 is 2.70 bits per heavy atom. The molecule has 7 heteroatoms. The minimum atomic E-state index is -0.238. The van der Waals surface area contributed by atoms with E-state index in [0.717, 1.165) is 4.90 Å². The van der Waals surface area contributed by atoms with Crippen LogP contribution in [-0.2, 0) is 14.3 Å². The molecule has 5 nitrogen and oxygen atoms in total. The van der Waals surface area contributed by atoms with E-state index in [0.29, 0.717) is 18.2 Å². The van der Waals surface area contributed by atoms with Crippen LogP contribution < -0.4 is 10.6 Å². The summed E-state index contributed by atoms with van der Waals surface area (Å²) in [6.45, 7) is 0.841. The summed E-state index contributed by atoms with van der Waals surface area (Å²) in [5.74, 6) is -0.232. The Balaban J connectivity index is 2.21. The summed E-state index contributed by atoms with van der Waals surface area (Å²) in [6, 6.07) is 7.30. The minimum absolute atomic E-state index is 0.0361. The topological polar surface area (TPSA) is 67.4 Å². The van der Waals surface area contributed by atoms with Crippen molar-refractivity contribution in [1.29, 1.82) is 0 Å². The molecule has 1 aromatic carbocycles. The zero-order valence-corrected chi connectivity index (χ0v) is 12.7. The predicted molar refractivity (Wildman–Crippen MR) is 80.1 cm³/mol. The van der Waals surface area contributed by atoms with Gasteiger partial charge in [-0.3, -0.25) is 9.59 Å². The van der Waals surface area contributed by atoms with Crippen molar-refractivity contribution in [2.24, 2.45) is 0 Å². The molecule has 1 aromatic rings. The van der Waals surface area contributed by atoms with Crippen LogP contribution in [0, 0.1) is 0 Å². The van der Waals surface area contributed by atoms with Crippen LogP contribution in [-0.4, -0.2) is 44.4 Å². The van der Waals surface area contributed by atoms with Gasteiger partial charge in [0.05, 0.1) is 23.9 Å². The van der Waals surface area contributed by atoms with Crippen molar-refractivity contribution in [3.63, 3.8) is 0 Å². The van der Waals surface area contributed by atoms with E-state index in [1.807, 2.05) is 18.2 Å². The van der Waals surface area contributed by atoms with Gasteiger partial charge in [-0.2, -0.15) is 0 Å². The summed E-state index contributed by atoms with van der Waals surface area (Å²) >= 11 is 7.31. The minimum Gasteiger partial charge on any atom is -0.383 e. The summed E-state index contributed by atoms with van der Waals surface area (Å²) < 4.78 is 4.80. The number of halogens is 1. The first-order chi connectivity index (χ1) is 9.63. The highest BCUT2D eigenvalue weighted by atomic mass is 35.5. The molecule has 0 aliphatic carbocycles. The van der Waals surface area contributed by atoms with Gasteiger partial charge in [-0.05, 0) is 12.1 Å². The van der Waals surface area contributed by atoms with Crippen LogP contribution in [0.4, 0.5) is 0 Å². The van der Waals surface area contributed by atoms with E-state index in [9.17, 15) is 9.59 Å². The number of hydrogen-bond donors (Lipinski definition) is 2. The second kappa shape index (κ2) is 9.63. The number of ether oxygens (including phenoxy) is 1. The maximum absolute atomic E-state index is 11.6. The van der Waals surface area contributed by atoms with Gasteiger partial charge in [0.1, 0.15) is 0 Å². The lowest BCUT2D eigenvalue weighted by Crippen LogP contribution is -2.38. The van der Waals surface area contributed by atoms with Gasteiger partial charge >= 0.3 is 0 Å². The van der Waals surface area contributed by atoms with E-state index in [1.54, 1.807) is 13.2 Å². The summed E-state index contributed by atoms with van der Waals surface area (Å²) in [5, 5.41) is 5.77. The zero-order chi connectivity index (χ0) is 14.8. The number of hydrogen-bond acceptors (Lipinski definition) is 4. The molecule has 0 aromatic heterocycles. The summed E-state index contributed by atoms with van der Waals surface area (Å²) in [6.07, 6.45) is 0. The molecular formula is C13H17ClN2O3S. The predicted octanol–water partition coefficient (Wildman–Crippen LogP) is 1.31. The van der Waals surface area contributed by atoms with Gasteiger partial charge in [0, 0.05) is 18.6 Å². The van der Waals surface area contributed by atoms with Gasteiger partial charge in [-0.25, -0.2) is 0 Å². The molecule has 20 heavy (non-hydrogen) atoms. The second-order valence-corrected chi connectivity index (χ2v) is 5.26. The van der Waals surface area contributed by atoms with Crippen LogP contribution in [0.3, 0.4) is 0 Å². The van der Waals surface area contributed by atoms with Crippen LogP contribution in [0.5, 0.6) is 0 Å². The summed E-state index contributed by atoms with van der Waals surface area (Å²) in [5.41, 5.74) is 0. The number of benzene rings is 1. The molecule has 2 amide bonds. The van der Waals surface area contributed by atoms with Crippen molar-refractivity contribution in [3.05, 3.63) is 29.3 Å². The smallest absolute Gasteiger partial charge is 0.239 e. The molecular weight excluding hydrogens is 300 g/mol. The molecule has 0 radical (unpaired) electrons. The lowest BCUT2D eigenvalue weighted by molar-refractivity contribution is -0.124. The van der Waals surface area contributed by atoms with Crippen molar-refractivity contribution in [1.82, 2.24) is 10.6 Å². The van der Waals surface area contributed by atoms with E-state index in [2.05, 4.69) is 10.6 Å². The first-order valence-corrected chi connectivity index (χ1v) is 7.39. The van der Waals surface area contributed by atoms with Crippen LogP contribution in [0.1, 0.15) is 0 Å². The number of amides is 2. The van der Waals surface area contributed by atoms with Gasteiger partial charge in [0.2, 0.25) is 11.8 Å². The third kappa shape index (κ3) is 6.79. The van der Waals surface area contributed by atoms with Gasteiger partial charge < -0.3 is 15.4 Å². The molecule has 0 aliphatic rings. The van der Waals surface area contributed by atoms with E-state index < -0.39 is 0 Å². The maximum atomic E-state index is 11.6. The molecule has 0 saturated heterocycles. The van der Waals surface area contributed by atoms with Crippen LogP contribution in [0.2, 0.25) is 5.02 Å². The van der Waals surface area contributed by atoms with Crippen molar-refractivity contribution < 1.29 is 14.3 Å². The lowest BCUT2D eigenvalue weighted by atomic mass is 10.4. The highest BCUT2D eigenvalue weighted by Gasteiger charge is 2.07. The molecule has 0 bridgehead atoms. The molecule has 0 aliphatic heterocycles. The van der Waals surface area contributed by atoms with Gasteiger partial charge in [0.15, 0.2) is 0 Å². The average Bonchev–Trinajstić information content (AvgIpc) is 2.44. The molecule has 0 spiro atoms. The molecule has 0 atom stereocenters. The Morgan fingerprint density at radius 2 is 2.00 bits per heavy atom. The highest BCUT2D eigenvalue weighted by molar-refractivity contribution is 8.00. The third-order valence-corrected chi connectivity index (χ3v) is 3.79. The Morgan fingerprint density at radius 1 is 1.25 bits per heavy atom. The highest BCUT2D eigenvalue weighted by Crippen LogP contribution is 2.26. The number of carbonyl (C=O) groups excluding carboxylic acids is 2. The van der Waals surface area contributed by atoms with E-state index in [4.69, 9.17) is 16.3 Å². The fourth-order valence-electron chi connectivity index (χ4n) is 1.29. The SMILES string of the molecule is COCCNC(=O)CNC(=O)CSc1ccccc1Cl. The molecule has 0 fully saturated rings. The molecule has 0 unspecified atom stereocenters. The molecule has 1 rings (SSSR count). The average molecular weight is 317 g/mol. The molecule has 110 valence electrons. The Labute approximate surface area is 127 Å². The van der Waals surface area contributed by atoms with Gasteiger partial charge in [-0.15, -0.1) is 11.8 Å². The number of thioether (sulfide) groups is 1. The molecule has 0 saturated carbocycles. The number of carbonyl (C=O) groups is 2. The second-order valence-electron chi connectivity index (χ2n) is 3.84. The van der Waals surface area contributed by atoms with Crippen molar-refractivity contribution >= 4 is 35.2 Å². The van der Waals surface area contributed by atoms with E-state index in [-0.39, 0.29) is 24.1 Å². The Kier molecular flexibility index (Phi) is 8.10. The van der Waals surface area contributed by atoms with Crippen molar-refractivity contribution in [2.75, 3.05) is 32.6 Å². The normalized spacial score (nSPS) is 10.1. The lowest BCUT2D eigenvalue weighted by Gasteiger charge is -2.07. The fraction of sp³-hybridized carbons (Fsp3) is 0.385. The Hall–Kier alpha value is -1.24. The first kappa shape index (κ1) is 16.8. The first-order valence-electron chi connectivity index (χ1n) is 6.03. The molecule has 2 N–H and O–H groups in total. The number of methoxy groups -OCH3 is 1. The summed E-state index contributed by atoms with van der Waals surface area (Å²) in [4.78, 5) is 23.8. The largest absolute Gasteiger partial charge is 0.383 e. The zero-order valence-electron chi connectivity index (χ0n) is 11.1. The Bertz CT molecular complexity index is 457. The van der Waals surface area contributed by atoms with E-state index >= 15 is 0 Å². The molecule has 0 heterocycles. The van der Waals surface area contributed by atoms with Crippen molar-refractivity contribution in [2.45, 2.75) is 4.90 Å². The monoisotopic (exact) mass is 316 g/mol. The van der Waals surface area contributed by atoms with Gasteiger partial charge in [-0.1, -0.05) is 23.7 Å². The van der Waals surface area contributed by atoms with E-state index in [1.165, 1.54) is 11.8 Å². The van der Waals surface area contributed by atoms with Gasteiger partial charge in [0.25, 0.3) is 0 Å². The summed E-state index contributed by atoms with van der Waals surface area (Å²) in [7, 11) is 1.56. The number of rotatable bonds is 8. The maximum Gasteiger partial charge on any atom is 0.239 e. The fourth-order valence-corrected chi connectivity index (χ4v) is 2.36. The van der Waals surface area contributed by atoms with Crippen LogP contribution >= 0.6 is 23.4 Å². The number of nitrogens with one attached hydrogen (secondary N) is 2. The van der Waals surface area contributed by atoms with Crippen molar-refractivity contribution in [3.8, 4) is 0 Å². The quantitative estimate of drug-likeness (QED) is 0.560. The third-order valence-electron chi connectivity index (χ3n) is 2.27. The van der Waals surface area contributed by atoms with Crippen LogP contribution in [0.25, 0.3) is 0 Å². The standard InChI is InChI=1S/C13H17ClN2O3S/c1-19-7-6-15-12(17)8-16-13(18)9-20-11-5-3-2-4-10(11)14/h2-5H,6-9H2,1H3,(H,15,17)(H,16,18). The van der Waals surface area contributed by atoms with Crippen LogP contribution in [0.15, 0.2) is 29.2 Å².